The van der Waals surface area contributed by atoms with Gasteiger partial charge in [-0.2, -0.15) is 0 Å². The average molecular weight is 502 g/mol. The second-order valence-electron chi connectivity index (χ2n) is 7.31. The maximum absolute atomic E-state index is 12.0. The van der Waals surface area contributed by atoms with Gasteiger partial charge in [0.15, 0.2) is 5.96 Å². The van der Waals surface area contributed by atoms with Crippen molar-refractivity contribution in [3.05, 3.63) is 35.9 Å². The molecule has 0 radical (unpaired) electrons. The first-order chi connectivity index (χ1) is 13.2. The number of nitrogens with zero attached hydrogens (tertiary/aromatic N) is 1. The van der Waals surface area contributed by atoms with E-state index in [0.29, 0.717) is 12.5 Å². The van der Waals surface area contributed by atoms with E-state index in [-0.39, 0.29) is 41.8 Å². The van der Waals surface area contributed by atoms with Crippen LogP contribution in [0.15, 0.2) is 35.3 Å². The van der Waals surface area contributed by atoms with E-state index < -0.39 is 0 Å². The van der Waals surface area contributed by atoms with Gasteiger partial charge in [-0.05, 0) is 36.7 Å². The van der Waals surface area contributed by atoms with Gasteiger partial charge in [-0.25, -0.2) is 0 Å². The third-order valence-electron chi connectivity index (χ3n) is 5.35. The first-order valence-corrected chi connectivity index (χ1v) is 9.91. The van der Waals surface area contributed by atoms with Crippen LogP contribution in [0.4, 0.5) is 0 Å². The first kappa shape index (κ1) is 24.7. The van der Waals surface area contributed by atoms with Crippen LogP contribution in [0, 0.1) is 5.41 Å². The van der Waals surface area contributed by atoms with Gasteiger partial charge >= 0.3 is 0 Å². The number of rotatable bonds is 10. The van der Waals surface area contributed by atoms with Crippen LogP contribution in [0.1, 0.15) is 37.7 Å². The van der Waals surface area contributed by atoms with Crippen LogP contribution in [0.2, 0.25) is 0 Å². The van der Waals surface area contributed by atoms with Crippen LogP contribution < -0.4 is 16.0 Å². The molecule has 0 heterocycles. The summed E-state index contributed by atoms with van der Waals surface area (Å²) in [4.78, 5) is 16.3. The highest BCUT2D eigenvalue weighted by molar-refractivity contribution is 14.0. The van der Waals surface area contributed by atoms with Gasteiger partial charge in [0.2, 0.25) is 5.91 Å². The van der Waals surface area contributed by atoms with Gasteiger partial charge in [0.1, 0.15) is 0 Å². The van der Waals surface area contributed by atoms with Crippen molar-refractivity contribution in [1.82, 2.24) is 16.0 Å². The molecule has 1 amide bonds. The predicted molar refractivity (Wildman–Crippen MR) is 125 cm³/mol. The molecule has 1 aromatic rings. The van der Waals surface area contributed by atoms with Crippen molar-refractivity contribution in [1.29, 1.82) is 0 Å². The first-order valence-electron chi connectivity index (χ1n) is 9.91. The molecule has 7 heteroatoms. The monoisotopic (exact) mass is 502 g/mol. The molecule has 158 valence electrons. The van der Waals surface area contributed by atoms with Crippen LogP contribution in [0.5, 0.6) is 0 Å². The summed E-state index contributed by atoms with van der Waals surface area (Å²) in [5, 5.41) is 9.45. The predicted octanol–water partition coefficient (Wildman–Crippen LogP) is 2.73. The summed E-state index contributed by atoms with van der Waals surface area (Å²) in [7, 11) is 3.49. The smallest absolute Gasteiger partial charge is 0.239 e. The van der Waals surface area contributed by atoms with E-state index in [1.54, 1.807) is 14.2 Å². The Morgan fingerprint density at radius 3 is 2.50 bits per heavy atom. The van der Waals surface area contributed by atoms with Gasteiger partial charge in [0.25, 0.3) is 0 Å². The number of hydrogen-bond acceptors (Lipinski definition) is 3. The molecular weight excluding hydrogens is 467 g/mol. The topological polar surface area (TPSA) is 74.8 Å². The zero-order valence-electron chi connectivity index (χ0n) is 17.1. The number of ether oxygens (including phenoxy) is 1. The van der Waals surface area contributed by atoms with Crippen LogP contribution >= 0.6 is 24.0 Å². The van der Waals surface area contributed by atoms with E-state index in [1.165, 1.54) is 31.2 Å². The maximum atomic E-state index is 12.0. The van der Waals surface area contributed by atoms with E-state index in [1.807, 2.05) is 18.2 Å². The number of nitrogens with one attached hydrogen (secondary N) is 3. The Hall–Kier alpha value is -1.35. The summed E-state index contributed by atoms with van der Waals surface area (Å²) >= 11 is 0. The summed E-state index contributed by atoms with van der Waals surface area (Å²) < 4.78 is 5.28. The Kier molecular flexibility index (Phi) is 12.1. The molecule has 0 unspecified atom stereocenters. The molecule has 2 rings (SSSR count). The lowest BCUT2D eigenvalue weighted by molar-refractivity contribution is -0.119. The van der Waals surface area contributed by atoms with Gasteiger partial charge in [-0.15, -0.1) is 24.0 Å². The van der Waals surface area contributed by atoms with E-state index in [0.717, 1.165) is 26.0 Å². The minimum absolute atomic E-state index is 0. The van der Waals surface area contributed by atoms with Crippen molar-refractivity contribution in [2.75, 3.05) is 40.4 Å². The molecule has 0 bridgehead atoms. The fraction of sp³-hybridized carbons (Fsp3) is 0.619. The normalized spacial score (nSPS) is 15.6. The van der Waals surface area contributed by atoms with Crippen molar-refractivity contribution in [2.45, 2.75) is 38.5 Å². The van der Waals surface area contributed by atoms with Crippen molar-refractivity contribution < 1.29 is 9.53 Å². The molecule has 28 heavy (non-hydrogen) atoms. The second kappa shape index (κ2) is 13.8. The molecule has 1 aliphatic rings. The standard InChI is InChI=1S/C21H34N4O2.HI/c1-22-20(25-17-21(13-15-27-2)11-6-7-12-21)24-16-19(26)23-14-10-18-8-4-3-5-9-18;/h3-5,8-9H,6-7,10-17H2,1-2H3,(H,23,26)(H2,22,24,25);1H. The molecule has 1 saturated carbocycles. The third-order valence-corrected chi connectivity index (χ3v) is 5.35. The number of aliphatic imine (C=N–C) groups is 1. The fourth-order valence-corrected chi connectivity index (χ4v) is 3.67. The number of methoxy groups -OCH3 is 1. The minimum Gasteiger partial charge on any atom is -0.385 e. The van der Waals surface area contributed by atoms with Crippen molar-refractivity contribution in [3.8, 4) is 0 Å². The quantitative estimate of drug-likeness (QED) is 0.261. The molecule has 0 atom stereocenters. The van der Waals surface area contributed by atoms with Gasteiger partial charge < -0.3 is 20.7 Å². The molecule has 1 aliphatic carbocycles. The van der Waals surface area contributed by atoms with E-state index in [9.17, 15) is 4.79 Å². The molecule has 1 aromatic carbocycles. The number of hydrogen-bond donors (Lipinski definition) is 3. The summed E-state index contributed by atoms with van der Waals surface area (Å²) in [6.45, 7) is 2.51. The van der Waals surface area contributed by atoms with Crippen LogP contribution in [0.3, 0.4) is 0 Å². The summed E-state index contributed by atoms with van der Waals surface area (Å²) in [6, 6.07) is 10.2. The van der Waals surface area contributed by atoms with Crippen molar-refractivity contribution >= 4 is 35.8 Å². The lowest BCUT2D eigenvalue weighted by Gasteiger charge is -2.29. The van der Waals surface area contributed by atoms with Gasteiger partial charge in [-0.1, -0.05) is 43.2 Å². The zero-order chi connectivity index (χ0) is 19.4. The third kappa shape index (κ3) is 8.77. The Morgan fingerprint density at radius 1 is 1.14 bits per heavy atom. The number of carbonyl (C=O) groups is 1. The lowest BCUT2D eigenvalue weighted by Crippen LogP contribution is -2.46. The molecule has 0 aliphatic heterocycles. The summed E-state index contributed by atoms with van der Waals surface area (Å²) in [6.07, 6.45) is 6.90. The minimum atomic E-state index is -0.0242. The lowest BCUT2D eigenvalue weighted by atomic mass is 9.83. The average Bonchev–Trinajstić information content (AvgIpc) is 3.16. The molecule has 3 N–H and O–H groups in total. The highest BCUT2D eigenvalue weighted by Crippen LogP contribution is 2.40. The molecule has 0 saturated heterocycles. The van der Waals surface area contributed by atoms with E-state index in [4.69, 9.17) is 4.74 Å². The Labute approximate surface area is 186 Å². The number of carbonyl (C=O) groups excluding carboxylic acids is 1. The second-order valence-corrected chi connectivity index (χ2v) is 7.31. The molecule has 1 fully saturated rings. The Morgan fingerprint density at radius 2 is 1.86 bits per heavy atom. The van der Waals surface area contributed by atoms with Gasteiger partial charge in [0.05, 0.1) is 6.54 Å². The Bertz CT molecular complexity index is 589. The number of benzene rings is 1. The summed E-state index contributed by atoms with van der Waals surface area (Å²) in [5.41, 5.74) is 1.51. The van der Waals surface area contributed by atoms with Crippen molar-refractivity contribution in [3.63, 3.8) is 0 Å². The molecule has 6 nitrogen and oxygen atoms in total. The highest BCUT2D eigenvalue weighted by atomic mass is 127. The van der Waals surface area contributed by atoms with Crippen LogP contribution in [0.25, 0.3) is 0 Å². The van der Waals surface area contributed by atoms with Crippen molar-refractivity contribution in [2.24, 2.45) is 10.4 Å². The largest absolute Gasteiger partial charge is 0.385 e. The highest BCUT2D eigenvalue weighted by Gasteiger charge is 2.33. The van der Waals surface area contributed by atoms with Gasteiger partial charge in [-0.3, -0.25) is 9.79 Å². The maximum Gasteiger partial charge on any atom is 0.239 e. The number of guanidine groups is 1. The number of amides is 1. The zero-order valence-corrected chi connectivity index (χ0v) is 19.5. The van der Waals surface area contributed by atoms with Crippen LogP contribution in [-0.4, -0.2) is 52.3 Å². The SMILES string of the molecule is CN=C(NCC(=O)NCCc1ccccc1)NCC1(CCOC)CCCC1.I. The Balaban J connectivity index is 0.00000392. The molecular formula is C21H35IN4O2. The fourth-order valence-electron chi connectivity index (χ4n) is 3.67. The molecule has 0 aromatic heterocycles. The molecule has 0 spiro atoms. The number of halogens is 1. The van der Waals surface area contributed by atoms with E-state index >= 15 is 0 Å². The van der Waals surface area contributed by atoms with Gasteiger partial charge in [0, 0.05) is 33.9 Å². The summed E-state index contributed by atoms with van der Waals surface area (Å²) in [5.74, 6) is 0.653. The van der Waals surface area contributed by atoms with E-state index in [2.05, 4.69) is 33.1 Å². The van der Waals surface area contributed by atoms with Crippen LogP contribution in [-0.2, 0) is 16.0 Å².